The zero-order chi connectivity index (χ0) is 9.28. The van der Waals surface area contributed by atoms with Gasteiger partial charge >= 0.3 is 6.16 Å². The van der Waals surface area contributed by atoms with Crippen molar-refractivity contribution in [1.29, 1.82) is 0 Å². The summed E-state index contributed by atoms with van der Waals surface area (Å²) in [6, 6.07) is 0. The molecule has 0 aromatic heterocycles. The van der Waals surface area contributed by atoms with Crippen LogP contribution in [-0.2, 0) is 9.68 Å². The predicted molar refractivity (Wildman–Crippen MR) is 30.9 cm³/mol. The van der Waals surface area contributed by atoms with E-state index in [0.29, 0.717) is 0 Å². The van der Waals surface area contributed by atoms with Crippen LogP contribution in [0.3, 0.4) is 0 Å². The van der Waals surface area contributed by atoms with Gasteiger partial charge in [0.2, 0.25) is 6.43 Å². The minimum absolute atomic E-state index is 0.128. The van der Waals surface area contributed by atoms with E-state index < -0.39 is 12.6 Å². The second-order valence-corrected chi connectivity index (χ2v) is 1.28. The van der Waals surface area contributed by atoms with Crippen LogP contribution in [0.1, 0.15) is 13.8 Å². The van der Waals surface area contributed by atoms with Gasteiger partial charge in [0, 0.05) is 4.53 Å². The molecule has 0 rings (SSSR count). The van der Waals surface area contributed by atoms with Crippen LogP contribution in [0, 0.1) is 0 Å². The number of halogens is 3. The Morgan fingerprint density at radius 2 is 1.91 bits per heavy atom. The zero-order valence-corrected chi connectivity index (χ0v) is 6.14. The number of hydrogen-bond donors (Lipinski definition) is 0. The van der Waals surface area contributed by atoms with Crippen molar-refractivity contribution in [2.24, 2.45) is 0 Å². The normalized spacial score (nSPS) is 8.18. The van der Waals surface area contributed by atoms with Gasteiger partial charge in [0.1, 0.15) is 0 Å². The largest absolute Gasteiger partial charge is 0.544 e. The molecular formula is C5H9F3O3. The first-order chi connectivity index (χ1) is 5.04. The summed E-state index contributed by atoms with van der Waals surface area (Å²) in [5.74, 6) is 0. The Morgan fingerprint density at radius 3 is 2.00 bits per heavy atom. The zero-order valence-electron chi connectivity index (χ0n) is 6.14. The number of carbonyl (C=O) groups is 1. The third-order valence-corrected chi connectivity index (χ3v) is 0.325. The quantitative estimate of drug-likeness (QED) is 0.572. The van der Waals surface area contributed by atoms with Gasteiger partial charge in [-0.15, -0.1) is 0 Å². The van der Waals surface area contributed by atoms with Crippen LogP contribution >= 0.6 is 0 Å². The number of rotatable bonds is 1. The van der Waals surface area contributed by atoms with Crippen LogP contribution in [0.15, 0.2) is 0 Å². The molecule has 68 valence electrons. The topological polar surface area (TPSA) is 35.5 Å². The minimum atomic E-state index is -2.17. The van der Waals surface area contributed by atoms with Crippen molar-refractivity contribution in [3.63, 3.8) is 0 Å². The first kappa shape index (κ1) is 12.7. The van der Waals surface area contributed by atoms with E-state index in [1.54, 1.807) is 6.92 Å². The molecule has 0 N–H and O–H groups in total. The van der Waals surface area contributed by atoms with Crippen molar-refractivity contribution in [3.8, 4) is 0 Å². The Kier molecular flexibility index (Phi) is 10.5. The van der Waals surface area contributed by atoms with Crippen LogP contribution in [0.4, 0.5) is 18.1 Å². The Morgan fingerprint density at radius 1 is 1.55 bits per heavy atom. The van der Waals surface area contributed by atoms with Gasteiger partial charge < -0.3 is 4.74 Å². The fourth-order valence-corrected chi connectivity index (χ4v) is 0.140. The van der Waals surface area contributed by atoms with Crippen LogP contribution in [0.2, 0.25) is 0 Å². The fourth-order valence-electron chi connectivity index (χ4n) is 0.140. The van der Waals surface area contributed by atoms with Crippen molar-refractivity contribution in [3.05, 3.63) is 0 Å². The summed E-state index contributed by atoms with van der Waals surface area (Å²) >= 11 is 0. The first-order valence-corrected chi connectivity index (χ1v) is 2.78. The molecule has 0 saturated carbocycles. The highest BCUT2D eigenvalue weighted by Gasteiger charge is 1.97. The van der Waals surface area contributed by atoms with Gasteiger partial charge in [0.05, 0.1) is 6.61 Å². The second kappa shape index (κ2) is 9.06. The number of alkyl halides is 2. The predicted octanol–water partition coefficient (Wildman–Crippen LogP) is 2.32. The number of carbonyl (C=O) groups excluding carboxylic acids is 1. The molecule has 0 heterocycles. The van der Waals surface area contributed by atoms with Gasteiger partial charge in [-0.3, -0.25) is 0 Å². The molecule has 0 atom stereocenters. The lowest BCUT2D eigenvalue weighted by atomic mass is 10.9. The van der Waals surface area contributed by atoms with Gasteiger partial charge in [-0.2, -0.15) is 0 Å². The van der Waals surface area contributed by atoms with E-state index in [-0.39, 0.29) is 6.61 Å². The standard InChI is InChI=1S/C3H5FO3.C2H4F2/c1-2-6-3(5)7-4;1-2(3)4/h2H2,1H3;2H,1H3. The number of ether oxygens (including phenoxy) is 1. The molecule has 0 bridgehead atoms. The smallest absolute Gasteiger partial charge is 0.432 e. The first-order valence-electron chi connectivity index (χ1n) is 2.78. The maximum absolute atomic E-state index is 10.6. The molecule has 0 spiro atoms. The molecule has 3 nitrogen and oxygen atoms in total. The highest BCUT2D eigenvalue weighted by atomic mass is 19.3. The van der Waals surface area contributed by atoms with E-state index >= 15 is 0 Å². The Bertz CT molecular complexity index is 94.2. The Balaban J connectivity index is 0. The summed E-state index contributed by atoms with van der Waals surface area (Å²) in [7, 11) is 0. The molecule has 0 aliphatic carbocycles. The molecule has 0 unspecified atom stereocenters. The molecule has 0 aromatic rings. The molecule has 0 fully saturated rings. The highest BCUT2D eigenvalue weighted by molar-refractivity contribution is 5.58. The van der Waals surface area contributed by atoms with Crippen molar-refractivity contribution in [2.75, 3.05) is 6.61 Å². The monoisotopic (exact) mass is 174 g/mol. The molecule has 0 amide bonds. The van der Waals surface area contributed by atoms with Crippen LogP contribution in [-0.4, -0.2) is 19.2 Å². The Hall–Kier alpha value is -0.940. The van der Waals surface area contributed by atoms with Crippen LogP contribution < -0.4 is 0 Å². The molecular weight excluding hydrogens is 165 g/mol. The molecule has 0 aromatic carbocycles. The summed E-state index contributed by atoms with van der Waals surface area (Å²) < 4.78 is 35.2. The average Bonchev–Trinajstić information content (AvgIpc) is 1.87. The van der Waals surface area contributed by atoms with Gasteiger partial charge in [-0.1, -0.05) is 0 Å². The van der Waals surface area contributed by atoms with E-state index in [1.165, 1.54) is 0 Å². The second-order valence-electron chi connectivity index (χ2n) is 1.28. The van der Waals surface area contributed by atoms with Crippen LogP contribution in [0.5, 0.6) is 0 Å². The van der Waals surface area contributed by atoms with E-state index in [4.69, 9.17) is 0 Å². The summed E-state index contributed by atoms with van der Waals surface area (Å²) in [6.07, 6.45) is -3.46. The Labute approximate surface area is 62.0 Å². The van der Waals surface area contributed by atoms with Crippen molar-refractivity contribution in [1.82, 2.24) is 0 Å². The van der Waals surface area contributed by atoms with Crippen molar-refractivity contribution >= 4 is 6.16 Å². The van der Waals surface area contributed by atoms with E-state index in [9.17, 15) is 18.1 Å². The van der Waals surface area contributed by atoms with Crippen molar-refractivity contribution in [2.45, 2.75) is 20.3 Å². The SMILES string of the molecule is CC(F)F.CCOC(=O)OF. The van der Waals surface area contributed by atoms with E-state index in [2.05, 4.69) is 9.68 Å². The van der Waals surface area contributed by atoms with Gasteiger partial charge in [0.15, 0.2) is 0 Å². The highest BCUT2D eigenvalue weighted by Crippen LogP contribution is 1.82. The van der Waals surface area contributed by atoms with E-state index in [0.717, 1.165) is 6.92 Å². The molecule has 0 saturated heterocycles. The van der Waals surface area contributed by atoms with Crippen LogP contribution in [0.25, 0.3) is 0 Å². The summed E-state index contributed by atoms with van der Waals surface area (Å²) in [5.41, 5.74) is 0. The van der Waals surface area contributed by atoms with Gasteiger partial charge in [-0.05, 0) is 13.8 Å². The lowest BCUT2D eigenvalue weighted by Gasteiger charge is -1.90. The maximum Gasteiger partial charge on any atom is 0.544 e. The van der Waals surface area contributed by atoms with Gasteiger partial charge in [-0.25, -0.2) is 18.5 Å². The lowest BCUT2D eigenvalue weighted by Crippen LogP contribution is -1.99. The summed E-state index contributed by atoms with van der Waals surface area (Å²) in [6.45, 7) is 2.51. The van der Waals surface area contributed by atoms with E-state index in [1.807, 2.05) is 0 Å². The summed E-state index contributed by atoms with van der Waals surface area (Å²) in [5, 5.41) is 0. The molecule has 0 radical (unpaired) electrons. The lowest BCUT2D eigenvalue weighted by molar-refractivity contribution is -0.0993. The fraction of sp³-hybridized carbons (Fsp3) is 0.800. The molecule has 0 aliphatic heterocycles. The maximum atomic E-state index is 10.6. The molecule has 11 heavy (non-hydrogen) atoms. The molecule has 6 heteroatoms. The molecule has 0 aliphatic rings. The van der Waals surface area contributed by atoms with Crippen molar-refractivity contribution < 1.29 is 27.8 Å². The third-order valence-electron chi connectivity index (χ3n) is 0.325. The summed E-state index contributed by atoms with van der Waals surface area (Å²) in [4.78, 5) is 12.2. The van der Waals surface area contributed by atoms with Gasteiger partial charge in [0.25, 0.3) is 0 Å². The minimum Gasteiger partial charge on any atom is -0.432 e. The third kappa shape index (κ3) is 27.4. The number of hydrogen-bond acceptors (Lipinski definition) is 3. The average molecular weight is 174 g/mol.